The predicted octanol–water partition coefficient (Wildman–Crippen LogP) is 2.95. The number of nitrogens with zero attached hydrogens (tertiary/aromatic N) is 3. The highest BCUT2D eigenvalue weighted by Gasteiger charge is 2.32. The lowest BCUT2D eigenvalue weighted by atomic mass is 9.97. The van der Waals surface area contributed by atoms with E-state index in [9.17, 15) is 22.8 Å². The summed E-state index contributed by atoms with van der Waals surface area (Å²) in [7, 11) is 0. The summed E-state index contributed by atoms with van der Waals surface area (Å²) in [5, 5.41) is 5.84. The van der Waals surface area contributed by atoms with E-state index in [4.69, 9.17) is 0 Å². The largest absolute Gasteiger partial charge is 0.417 e. The van der Waals surface area contributed by atoms with Crippen molar-refractivity contribution in [3.05, 3.63) is 23.9 Å². The first kappa shape index (κ1) is 22.2. The van der Waals surface area contributed by atoms with Crippen LogP contribution in [0.15, 0.2) is 18.3 Å². The number of rotatable bonds is 6. The van der Waals surface area contributed by atoms with E-state index in [1.165, 1.54) is 6.07 Å². The minimum absolute atomic E-state index is 0.0400. The van der Waals surface area contributed by atoms with Gasteiger partial charge >= 0.3 is 12.2 Å². The van der Waals surface area contributed by atoms with Crippen LogP contribution in [-0.4, -0.2) is 66.0 Å². The average molecular weight is 427 g/mol. The first-order valence-corrected chi connectivity index (χ1v) is 10.4. The van der Waals surface area contributed by atoms with Gasteiger partial charge in [0.05, 0.1) is 11.5 Å². The molecule has 3 rings (SSSR count). The van der Waals surface area contributed by atoms with Gasteiger partial charge in [0.2, 0.25) is 5.91 Å². The highest BCUT2D eigenvalue weighted by Crippen LogP contribution is 2.28. The molecule has 1 atom stereocenters. The first-order chi connectivity index (χ1) is 14.3. The number of pyridine rings is 1. The zero-order valence-electron chi connectivity index (χ0n) is 16.9. The molecule has 3 amide bonds. The maximum atomic E-state index is 12.5. The Morgan fingerprint density at radius 2 is 1.80 bits per heavy atom. The Morgan fingerprint density at radius 1 is 1.07 bits per heavy atom. The van der Waals surface area contributed by atoms with Crippen molar-refractivity contribution in [2.45, 2.75) is 38.3 Å². The number of halogens is 3. The van der Waals surface area contributed by atoms with E-state index in [0.29, 0.717) is 38.4 Å². The number of hydrogen-bond acceptors (Lipinski definition) is 4. The van der Waals surface area contributed by atoms with Gasteiger partial charge in [0, 0.05) is 45.5 Å². The van der Waals surface area contributed by atoms with Crippen LogP contribution in [0.1, 0.15) is 37.7 Å². The topological polar surface area (TPSA) is 77.6 Å². The van der Waals surface area contributed by atoms with Crippen LogP contribution in [0.2, 0.25) is 0 Å². The van der Waals surface area contributed by atoms with Crippen LogP contribution in [0.3, 0.4) is 0 Å². The molecule has 1 aromatic rings. The molecule has 0 spiro atoms. The summed E-state index contributed by atoms with van der Waals surface area (Å²) < 4.78 is 37.6. The number of likely N-dealkylation sites (tertiary alicyclic amines) is 2. The lowest BCUT2D eigenvalue weighted by Crippen LogP contribution is -2.49. The second kappa shape index (κ2) is 9.99. The van der Waals surface area contributed by atoms with E-state index < -0.39 is 11.7 Å². The molecule has 1 aromatic heterocycles. The standard InChI is InChI=1S/C20H28F3N5O2/c21-20(22,23)16-6-7-17(26-13-16)24-8-4-9-25-18(29)15-5-3-12-28(14-15)19(30)27-10-1-2-11-27/h6-7,13,15H,1-5,8-12,14H2,(H,24,26)(H,25,29)/t15-/m0/s1. The van der Waals surface area contributed by atoms with Crippen LogP contribution in [0.4, 0.5) is 23.8 Å². The van der Waals surface area contributed by atoms with Gasteiger partial charge in [-0.2, -0.15) is 13.2 Å². The molecular formula is C20H28F3N5O2. The van der Waals surface area contributed by atoms with Crippen molar-refractivity contribution >= 4 is 17.8 Å². The smallest absolute Gasteiger partial charge is 0.370 e. The van der Waals surface area contributed by atoms with Crippen molar-refractivity contribution in [3.8, 4) is 0 Å². The zero-order valence-corrected chi connectivity index (χ0v) is 16.9. The Morgan fingerprint density at radius 3 is 2.47 bits per heavy atom. The predicted molar refractivity (Wildman–Crippen MR) is 106 cm³/mol. The summed E-state index contributed by atoms with van der Waals surface area (Å²) in [5.41, 5.74) is -0.787. The Labute approximate surface area is 174 Å². The SMILES string of the molecule is O=C(NCCCNc1ccc(C(F)(F)F)cn1)[C@H]1CCCN(C(=O)N2CCCC2)C1. The fourth-order valence-electron chi connectivity index (χ4n) is 3.80. The third kappa shape index (κ3) is 5.99. The van der Waals surface area contributed by atoms with Gasteiger partial charge in [-0.05, 0) is 44.2 Å². The van der Waals surface area contributed by atoms with Gasteiger partial charge in [-0.25, -0.2) is 9.78 Å². The van der Waals surface area contributed by atoms with Crippen LogP contribution in [0, 0.1) is 5.92 Å². The van der Waals surface area contributed by atoms with Crippen molar-refractivity contribution in [1.82, 2.24) is 20.1 Å². The van der Waals surface area contributed by atoms with Crippen LogP contribution < -0.4 is 10.6 Å². The second-order valence-electron chi connectivity index (χ2n) is 7.76. The molecule has 3 heterocycles. The van der Waals surface area contributed by atoms with E-state index in [-0.39, 0.29) is 17.9 Å². The molecule has 2 aliphatic heterocycles. The number of amides is 3. The molecule has 0 aromatic carbocycles. The summed E-state index contributed by atoms with van der Waals surface area (Å²) in [6, 6.07) is 2.31. The number of carbonyl (C=O) groups is 2. The third-order valence-electron chi connectivity index (χ3n) is 5.49. The van der Waals surface area contributed by atoms with Gasteiger partial charge < -0.3 is 20.4 Å². The maximum absolute atomic E-state index is 12.5. The first-order valence-electron chi connectivity index (χ1n) is 10.4. The number of urea groups is 1. The van der Waals surface area contributed by atoms with Crippen LogP contribution >= 0.6 is 0 Å². The van der Waals surface area contributed by atoms with E-state index >= 15 is 0 Å². The van der Waals surface area contributed by atoms with E-state index in [1.54, 1.807) is 4.90 Å². The van der Waals surface area contributed by atoms with Crippen molar-refractivity contribution in [2.24, 2.45) is 5.92 Å². The number of nitrogens with one attached hydrogen (secondary N) is 2. The molecule has 0 saturated carbocycles. The van der Waals surface area contributed by atoms with E-state index in [1.807, 2.05) is 4.90 Å². The van der Waals surface area contributed by atoms with Crippen molar-refractivity contribution in [1.29, 1.82) is 0 Å². The lowest BCUT2D eigenvalue weighted by Gasteiger charge is -2.34. The zero-order chi connectivity index (χ0) is 21.6. The molecule has 0 unspecified atom stereocenters. The average Bonchev–Trinajstić information content (AvgIpc) is 3.27. The van der Waals surface area contributed by atoms with Gasteiger partial charge in [0.25, 0.3) is 0 Å². The molecule has 0 bridgehead atoms. The van der Waals surface area contributed by atoms with Crippen LogP contribution in [-0.2, 0) is 11.0 Å². The summed E-state index contributed by atoms with van der Waals surface area (Å²) in [6.45, 7) is 3.67. The fraction of sp³-hybridized carbons (Fsp3) is 0.650. The van der Waals surface area contributed by atoms with Gasteiger partial charge in [0.15, 0.2) is 0 Å². The molecule has 166 valence electrons. The number of carbonyl (C=O) groups excluding carboxylic acids is 2. The highest BCUT2D eigenvalue weighted by molar-refractivity contribution is 5.81. The van der Waals surface area contributed by atoms with Crippen molar-refractivity contribution in [2.75, 3.05) is 44.6 Å². The molecule has 2 aliphatic rings. The molecule has 10 heteroatoms. The summed E-state index contributed by atoms with van der Waals surface area (Å²) in [5.74, 6) is 0.106. The molecular weight excluding hydrogens is 399 g/mol. The molecule has 7 nitrogen and oxygen atoms in total. The monoisotopic (exact) mass is 427 g/mol. The normalized spacial score (nSPS) is 19.6. The maximum Gasteiger partial charge on any atom is 0.417 e. The Balaban J connectivity index is 1.34. The second-order valence-corrected chi connectivity index (χ2v) is 7.76. The van der Waals surface area contributed by atoms with Gasteiger partial charge in [-0.1, -0.05) is 0 Å². The van der Waals surface area contributed by atoms with Crippen LogP contribution in [0.5, 0.6) is 0 Å². The molecule has 0 radical (unpaired) electrons. The summed E-state index contributed by atoms with van der Waals surface area (Å²) >= 11 is 0. The number of aromatic nitrogens is 1. The van der Waals surface area contributed by atoms with E-state index in [2.05, 4.69) is 15.6 Å². The number of piperidine rings is 1. The lowest BCUT2D eigenvalue weighted by molar-refractivity contribution is -0.137. The highest BCUT2D eigenvalue weighted by atomic mass is 19.4. The number of anilines is 1. The van der Waals surface area contributed by atoms with Crippen LogP contribution in [0.25, 0.3) is 0 Å². The quantitative estimate of drug-likeness (QED) is 0.685. The fourth-order valence-corrected chi connectivity index (χ4v) is 3.80. The van der Waals surface area contributed by atoms with Gasteiger partial charge in [-0.3, -0.25) is 4.79 Å². The summed E-state index contributed by atoms with van der Waals surface area (Å²) in [6.07, 6.45) is 0.671. The minimum Gasteiger partial charge on any atom is -0.370 e. The Hall–Kier alpha value is -2.52. The van der Waals surface area contributed by atoms with Gasteiger partial charge in [-0.15, -0.1) is 0 Å². The Bertz CT molecular complexity index is 720. The Kier molecular flexibility index (Phi) is 7.38. The number of hydrogen-bond donors (Lipinski definition) is 2. The third-order valence-corrected chi connectivity index (χ3v) is 5.49. The van der Waals surface area contributed by atoms with Crippen molar-refractivity contribution in [3.63, 3.8) is 0 Å². The summed E-state index contributed by atoms with van der Waals surface area (Å²) in [4.78, 5) is 32.4. The molecule has 2 saturated heterocycles. The van der Waals surface area contributed by atoms with E-state index in [0.717, 1.165) is 51.0 Å². The van der Waals surface area contributed by atoms with Gasteiger partial charge in [0.1, 0.15) is 5.82 Å². The molecule has 30 heavy (non-hydrogen) atoms. The van der Waals surface area contributed by atoms with Crippen molar-refractivity contribution < 1.29 is 22.8 Å². The number of alkyl halides is 3. The molecule has 0 aliphatic carbocycles. The molecule has 2 fully saturated rings. The molecule has 2 N–H and O–H groups in total. The minimum atomic E-state index is -4.40.